The summed E-state index contributed by atoms with van der Waals surface area (Å²) in [4.78, 5) is 2.37. The van der Waals surface area contributed by atoms with Gasteiger partial charge in [0.25, 0.3) is 10.0 Å². The summed E-state index contributed by atoms with van der Waals surface area (Å²) < 4.78 is 60.8. The normalized spacial score (nSPS) is 15.2. The van der Waals surface area contributed by atoms with Crippen molar-refractivity contribution in [2.24, 2.45) is 0 Å². The number of ether oxygens (including phenoxy) is 1. The second-order valence-corrected chi connectivity index (χ2v) is 11.6. The van der Waals surface area contributed by atoms with Gasteiger partial charge in [-0.05, 0) is 55.5 Å². The van der Waals surface area contributed by atoms with Crippen LogP contribution in [-0.4, -0.2) is 54.4 Å². The lowest BCUT2D eigenvalue weighted by Gasteiger charge is -2.35. The van der Waals surface area contributed by atoms with Crippen LogP contribution in [0.25, 0.3) is 0 Å². The number of para-hydroxylation sites is 2. The van der Waals surface area contributed by atoms with E-state index in [0.29, 0.717) is 31.9 Å². The molecule has 1 saturated heterocycles. The summed E-state index contributed by atoms with van der Waals surface area (Å²) in [6, 6.07) is 19.9. The standard InChI is InChI=1S/C24H27N3O5S2/c1-19-7-11-21(12-8-19)33(28,29)25-20-9-13-22(14-10-20)34(30,31)27-17-15-26(16-18-27)23-5-3-4-6-24(23)32-2/h3-14,25H,15-18H2,1-2H3. The molecule has 1 N–H and O–H groups in total. The van der Waals surface area contributed by atoms with Crippen LogP contribution in [-0.2, 0) is 20.0 Å². The number of hydrogen-bond acceptors (Lipinski definition) is 6. The lowest BCUT2D eigenvalue weighted by atomic mass is 10.2. The van der Waals surface area contributed by atoms with Crippen molar-refractivity contribution >= 4 is 31.4 Å². The molecule has 0 radical (unpaired) electrons. The highest BCUT2D eigenvalue weighted by Gasteiger charge is 2.29. The minimum absolute atomic E-state index is 0.122. The Bertz CT molecular complexity index is 1350. The fraction of sp³-hybridized carbons (Fsp3) is 0.250. The molecule has 0 aliphatic carbocycles. The maximum Gasteiger partial charge on any atom is 0.261 e. The van der Waals surface area contributed by atoms with E-state index < -0.39 is 20.0 Å². The number of benzene rings is 3. The average Bonchev–Trinajstić information content (AvgIpc) is 2.84. The maximum atomic E-state index is 13.1. The number of rotatable bonds is 7. The van der Waals surface area contributed by atoms with Crippen molar-refractivity contribution < 1.29 is 21.6 Å². The zero-order chi connectivity index (χ0) is 24.3. The fourth-order valence-electron chi connectivity index (χ4n) is 3.84. The van der Waals surface area contributed by atoms with Crippen molar-refractivity contribution in [3.63, 3.8) is 0 Å². The van der Waals surface area contributed by atoms with Crippen molar-refractivity contribution in [2.75, 3.05) is 42.9 Å². The summed E-state index contributed by atoms with van der Waals surface area (Å²) in [7, 11) is -5.85. The third-order valence-electron chi connectivity index (χ3n) is 5.74. The molecule has 0 amide bonds. The first-order valence-corrected chi connectivity index (χ1v) is 13.7. The molecule has 0 aromatic heterocycles. The van der Waals surface area contributed by atoms with E-state index in [1.807, 2.05) is 31.2 Å². The molecule has 8 nitrogen and oxygen atoms in total. The molecule has 1 heterocycles. The van der Waals surface area contributed by atoms with Crippen LogP contribution in [0.15, 0.2) is 82.6 Å². The first-order valence-electron chi connectivity index (χ1n) is 10.8. The number of nitrogens with zero attached hydrogens (tertiary/aromatic N) is 2. The highest BCUT2D eigenvalue weighted by atomic mass is 32.2. The van der Waals surface area contributed by atoms with E-state index in [2.05, 4.69) is 9.62 Å². The third-order valence-corrected chi connectivity index (χ3v) is 9.05. The molecule has 0 atom stereocenters. The molecule has 1 aliphatic heterocycles. The monoisotopic (exact) mass is 501 g/mol. The number of sulfonamides is 2. The molecular formula is C24H27N3O5S2. The largest absolute Gasteiger partial charge is 0.495 e. The molecule has 0 bridgehead atoms. The maximum absolute atomic E-state index is 13.1. The van der Waals surface area contributed by atoms with Crippen LogP contribution in [0.3, 0.4) is 0 Å². The van der Waals surface area contributed by atoms with Crippen LogP contribution in [0.1, 0.15) is 5.56 Å². The Morgan fingerprint density at radius 1 is 0.765 bits per heavy atom. The highest BCUT2D eigenvalue weighted by Crippen LogP contribution is 2.29. The van der Waals surface area contributed by atoms with E-state index in [9.17, 15) is 16.8 Å². The molecule has 4 rings (SSSR count). The van der Waals surface area contributed by atoms with Crippen LogP contribution >= 0.6 is 0 Å². The van der Waals surface area contributed by atoms with Gasteiger partial charge in [0.15, 0.2) is 0 Å². The summed E-state index contributed by atoms with van der Waals surface area (Å²) in [5, 5.41) is 0. The smallest absolute Gasteiger partial charge is 0.261 e. The number of piperazine rings is 1. The number of nitrogens with one attached hydrogen (secondary N) is 1. The first kappa shape index (κ1) is 24.1. The molecule has 0 saturated carbocycles. The fourth-order valence-corrected chi connectivity index (χ4v) is 6.32. The summed E-state index contributed by atoms with van der Waals surface area (Å²) in [5.74, 6) is 0.752. The SMILES string of the molecule is COc1ccccc1N1CCN(S(=O)(=O)c2ccc(NS(=O)(=O)c3ccc(C)cc3)cc2)CC1. The molecular weight excluding hydrogens is 474 g/mol. The predicted molar refractivity (Wildman–Crippen MR) is 132 cm³/mol. The molecule has 3 aromatic rings. The Balaban J connectivity index is 1.44. The summed E-state index contributed by atoms with van der Waals surface area (Å²) in [6.45, 7) is 3.62. The molecule has 0 spiro atoms. The lowest BCUT2D eigenvalue weighted by Crippen LogP contribution is -2.48. The van der Waals surface area contributed by atoms with Gasteiger partial charge in [0.2, 0.25) is 10.0 Å². The molecule has 1 fully saturated rings. The Hall–Kier alpha value is -3.08. The zero-order valence-electron chi connectivity index (χ0n) is 19.0. The van der Waals surface area contributed by atoms with Crippen LogP contribution in [0.2, 0.25) is 0 Å². The van der Waals surface area contributed by atoms with Crippen LogP contribution in [0.4, 0.5) is 11.4 Å². The van der Waals surface area contributed by atoms with Gasteiger partial charge in [0, 0.05) is 31.9 Å². The predicted octanol–water partition coefficient (Wildman–Crippen LogP) is 3.32. The average molecular weight is 502 g/mol. The van der Waals surface area contributed by atoms with E-state index in [4.69, 9.17) is 4.74 Å². The van der Waals surface area contributed by atoms with E-state index in [-0.39, 0.29) is 9.79 Å². The number of anilines is 2. The van der Waals surface area contributed by atoms with E-state index >= 15 is 0 Å². The van der Waals surface area contributed by atoms with Crippen molar-refractivity contribution in [3.05, 3.63) is 78.4 Å². The molecule has 0 unspecified atom stereocenters. The zero-order valence-corrected chi connectivity index (χ0v) is 20.6. The van der Waals surface area contributed by atoms with Crippen LogP contribution in [0, 0.1) is 6.92 Å². The van der Waals surface area contributed by atoms with Crippen LogP contribution < -0.4 is 14.4 Å². The van der Waals surface area contributed by atoms with Crippen molar-refractivity contribution in [3.8, 4) is 5.75 Å². The second-order valence-electron chi connectivity index (χ2n) is 8.01. The van der Waals surface area contributed by atoms with Gasteiger partial charge >= 0.3 is 0 Å². The van der Waals surface area contributed by atoms with Gasteiger partial charge < -0.3 is 9.64 Å². The summed E-state index contributed by atoms with van der Waals surface area (Å²) in [6.07, 6.45) is 0. The van der Waals surface area contributed by atoms with Crippen LogP contribution in [0.5, 0.6) is 5.75 Å². The van der Waals surface area contributed by atoms with E-state index in [1.54, 1.807) is 19.2 Å². The number of hydrogen-bond donors (Lipinski definition) is 1. The minimum atomic E-state index is -3.76. The Morgan fingerprint density at radius 2 is 1.35 bits per heavy atom. The van der Waals surface area contributed by atoms with Crippen molar-refractivity contribution in [1.29, 1.82) is 0 Å². The van der Waals surface area contributed by atoms with Gasteiger partial charge in [-0.25, -0.2) is 16.8 Å². The molecule has 34 heavy (non-hydrogen) atoms. The Morgan fingerprint density at radius 3 is 1.97 bits per heavy atom. The number of aryl methyl sites for hydroxylation is 1. The Labute approximate surface area is 200 Å². The van der Waals surface area contributed by atoms with Gasteiger partial charge in [-0.2, -0.15) is 4.31 Å². The van der Waals surface area contributed by atoms with E-state index in [1.165, 1.54) is 40.7 Å². The van der Waals surface area contributed by atoms with Gasteiger partial charge in [0.05, 0.1) is 22.6 Å². The first-order chi connectivity index (χ1) is 16.2. The quantitative estimate of drug-likeness (QED) is 0.534. The van der Waals surface area contributed by atoms with Crippen molar-refractivity contribution in [1.82, 2.24) is 4.31 Å². The second kappa shape index (κ2) is 9.65. The van der Waals surface area contributed by atoms with Crippen molar-refractivity contribution in [2.45, 2.75) is 16.7 Å². The van der Waals surface area contributed by atoms with Gasteiger partial charge in [0.1, 0.15) is 5.75 Å². The molecule has 1 aliphatic rings. The Kier molecular flexibility index (Phi) is 6.83. The lowest BCUT2D eigenvalue weighted by molar-refractivity contribution is 0.378. The topological polar surface area (TPSA) is 96.0 Å². The van der Waals surface area contributed by atoms with E-state index in [0.717, 1.165) is 17.0 Å². The van der Waals surface area contributed by atoms with Gasteiger partial charge in [-0.15, -0.1) is 0 Å². The third kappa shape index (κ3) is 5.03. The summed E-state index contributed by atoms with van der Waals surface area (Å²) in [5.41, 5.74) is 2.19. The molecule has 180 valence electrons. The highest BCUT2D eigenvalue weighted by molar-refractivity contribution is 7.92. The summed E-state index contributed by atoms with van der Waals surface area (Å²) >= 11 is 0. The molecule has 3 aromatic carbocycles. The minimum Gasteiger partial charge on any atom is -0.495 e. The van der Waals surface area contributed by atoms with Gasteiger partial charge in [-0.3, -0.25) is 4.72 Å². The van der Waals surface area contributed by atoms with Gasteiger partial charge in [-0.1, -0.05) is 29.8 Å². The molecule has 10 heteroatoms. The number of methoxy groups -OCH3 is 1.